The molecule has 0 bridgehead atoms. The van der Waals surface area contributed by atoms with Gasteiger partial charge in [0.25, 0.3) is 10.4 Å². The number of fused-ring (bicyclic) bond motifs is 5. The molecule has 496 valence electrons. The van der Waals surface area contributed by atoms with Crippen LogP contribution in [0.3, 0.4) is 0 Å². The Kier molecular flexibility index (Phi) is 21.5. The summed E-state index contributed by atoms with van der Waals surface area (Å²) in [4.78, 5) is 133. The summed E-state index contributed by atoms with van der Waals surface area (Å²) in [5.74, 6) is -11.5. The highest BCUT2D eigenvalue weighted by atomic mass is 32.3. The van der Waals surface area contributed by atoms with Crippen molar-refractivity contribution in [2.45, 2.75) is 145 Å². The van der Waals surface area contributed by atoms with Crippen LogP contribution in [0.25, 0.3) is 11.1 Å². The Labute approximate surface area is 522 Å². The number of aliphatic hydroxyl groups is 6. The lowest BCUT2D eigenvalue weighted by molar-refractivity contribution is -0.148. The van der Waals surface area contributed by atoms with Crippen molar-refractivity contribution >= 4 is 63.9 Å². The van der Waals surface area contributed by atoms with Crippen molar-refractivity contribution in [2.24, 2.45) is 5.92 Å². The molecular formula is C59H76N9O22S-. The van der Waals surface area contributed by atoms with Crippen LogP contribution >= 0.6 is 0 Å². The van der Waals surface area contributed by atoms with Crippen LogP contribution in [0.1, 0.15) is 76.5 Å². The minimum absolute atomic E-state index is 0.0153. The summed E-state index contributed by atoms with van der Waals surface area (Å²) in [6.07, 6.45) is -16.1. The fourth-order valence-electron chi connectivity index (χ4n) is 11.8. The second kappa shape index (κ2) is 28.5. The molecule has 4 fully saturated rings. The summed E-state index contributed by atoms with van der Waals surface area (Å²) in [5, 5.41) is 90.9. The first-order chi connectivity index (χ1) is 42.8. The minimum atomic E-state index is -5.51. The fraction of sp³-hybridized carbons (Fsp3) is 0.542. The minimum Gasteiger partial charge on any atom is -0.716 e. The third-order valence-electron chi connectivity index (χ3n) is 16.4. The van der Waals surface area contributed by atoms with Gasteiger partial charge in [0, 0.05) is 76.9 Å². The highest BCUT2D eigenvalue weighted by Crippen LogP contribution is 2.44. The molecule has 31 nitrogen and oxygen atoms in total. The van der Waals surface area contributed by atoms with Crippen LogP contribution in [0, 0.1) is 5.92 Å². The van der Waals surface area contributed by atoms with Gasteiger partial charge < -0.3 is 100 Å². The average molecular weight is 1300 g/mol. The zero-order valence-corrected chi connectivity index (χ0v) is 51.2. The first-order valence-corrected chi connectivity index (χ1v) is 30.8. The molecule has 3 aromatic carbocycles. The molecule has 8 rings (SSSR count). The molecule has 32 heteroatoms. The topological polar surface area (TPSA) is 453 Å². The summed E-state index contributed by atoms with van der Waals surface area (Å²) in [5.41, 5.74) is 2.71. The van der Waals surface area contributed by atoms with Crippen molar-refractivity contribution in [2.75, 3.05) is 52.4 Å². The van der Waals surface area contributed by atoms with Gasteiger partial charge in [-0.2, -0.15) is 0 Å². The second-order valence-electron chi connectivity index (χ2n) is 24.3. The van der Waals surface area contributed by atoms with Gasteiger partial charge in [-0.15, -0.1) is 0 Å². The number of aromatic hydroxyl groups is 1. The Morgan fingerprint density at radius 1 is 0.736 bits per heavy atom. The van der Waals surface area contributed by atoms with E-state index in [0.29, 0.717) is 0 Å². The Morgan fingerprint density at radius 2 is 1.33 bits per heavy atom. The zero-order valence-electron chi connectivity index (χ0n) is 50.4. The number of ether oxygens (including phenoxy) is 2. The Morgan fingerprint density at radius 3 is 1.95 bits per heavy atom. The molecule has 5 aliphatic rings. The van der Waals surface area contributed by atoms with E-state index in [-0.39, 0.29) is 44.3 Å². The number of hydrogen-bond acceptors (Lipinski definition) is 22. The largest absolute Gasteiger partial charge is 0.716 e. The Hall–Kier alpha value is -8.24. The molecule has 0 saturated carbocycles. The van der Waals surface area contributed by atoms with Crippen LogP contribution < -0.4 is 30.8 Å². The number of piperazine rings is 1. The smallest absolute Gasteiger partial charge is 0.409 e. The van der Waals surface area contributed by atoms with Crippen molar-refractivity contribution < 1.29 is 106 Å². The monoisotopic (exact) mass is 1290 g/mol. The lowest BCUT2D eigenvalue weighted by Crippen LogP contribution is -2.64. The number of hydrogen-bond donors (Lipinski definition) is 12. The van der Waals surface area contributed by atoms with E-state index in [2.05, 4.69) is 30.8 Å². The maximum Gasteiger partial charge on any atom is 0.409 e. The number of β-amino-alcohol motifs (C(OH)–C–C–N with tert-alkyl or cyclic N) is 1. The molecule has 2 unspecified atom stereocenters. The van der Waals surface area contributed by atoms with Crippen LogP contribution in [0.15, 0.2) is 66.7 Å². The molecule has 4 aliphatic heterocycles. The van der Waals surface area contributed by atoms with Gasteiger partial charge in [-0.3, -0.25) is 33.6 Å². The lowest BCUT2D eigenvalue weighted by atomic mass is 9.98. The third kappa shape index (κ3) is 16.6. The maximum absolute atomic E-state index is 15.2. The number of benzene rings is 3. The number of amides is 9. The van der Waals surface area contributed by atoms with Gasteiger partial charge in [-0.25, -0.2) is 18.0 Å². The van der Waals surface area contributed by atoms with Gasteiger partial charge in [0.15, 0.2) is 11.5 Å². The number of carbonyl (C=O) groups excluding carboxylic acids is 9. The summed E-state index contributed by atoms with van der Waals surface area (Å²) in [6, 6.07) is 6.15. The summed E-state index contributed by atoms with van der Waals surface area (Å²) in [7, 11) is -5.51. The highest BCUT2D eigenvalue weighted by Gasteiger charge is 2.50. The van der Waals surface area contributed by atoms with Crippen LogP contribution in [0.4, 0.5) is 9.59 Å². The van der Waals surface area contributed by atoms with Crippen LogP contribution in [0.2, 0.25) is 0 Å². The number of aliphatic hydroxyl groups excluding tert-OH is 6. The first kappa shape index (κ1) is 68.7. The molecule has 0 spiro atoms. The van der Waals surface area contributed by atoms with Crippen LogP contribution in [0.5, 0.6) is 11.5 Å². The van der Waals surface area contributed by atoms with E-state index in [0.717, 1.165) is 57.2 Å². The number of phenols is 1. The molecular weight excluding hydrogens is 1220 g/mol. The summed E-state index contributed by atoms with van der Waals surface area (Å²) in [6.45, 7) is 4.91. The third-order valence-corrected chi connectivity index (χ3v) is 16.8. The number of nitrogens with one attached hydrogen (secondary N) is 5. The molecule has 12 N–H and O–H groups in total. The Balaban J connectivity index is 1.10. The second-order valence-corrected chi connectivity index (χ2v) is 25.3. The van der Waals surface area contributed by atoms with Crippen molar-refractivity contribution in [1.82, 2.24) is 46.2 Å². The number of alkyl carbamates (subject to hydrolysis) is 1. The molecule has 13 atom stereocenters. The van der Waals surface area contributed by atoms with E-state index < -0.39 is 205 Å². The van der Waals surface area contributed by atoms with Gasteiger partial charge in [0.2, 0.25) is 41.4 Å². The van der Waals surface area contributed by atoms with Crippen molar-refractivity contribution in [3.8, 4) is 22.6 Å². The van der Waals surface area contributed by atoms with E-state index in [4.69, 9.17) is 9.47 Å². The number of rotatable bonds is 12. The van der Waals surface area contributed by atoms with Gasteiger partial charge >= 0.3 is 12.2 Å². The number of carbonyl (C=O) groups is 9. The predicted molar refractivity (Wildman–Crippen MR) is 313 cm³/mol. The van der Waals surface area contributed by atoms with E-state index in [1.165, 1.54) is 37.5 Å². The Bertz CT molecular complexity index is 3310. The number of nitrogens with zero attached hydrogens (tertiary/aromatic N) is 4. The molecule has 4 heterocycles. The quantitative estimate of drug-likeness (QED) is 0.0626. The SMILES string of the molecule is C[C@@H](O)C1NC(=O)C(NC(=O)OC(C)(C)C)C[C@@H](O)CNC(=O)[C@@H]2[C@@H](O)[C@@H](C)CN2C(=O)[C@H]([C@H](O)CC(=O)N2CCN(C(=O)OCC3c4ccccc4-c4ccccc43)CC2)NC(=O)[C@H]([C@H](O)Cc2ccc(O)c(OS(=O)(=O)[O-])c2)NC(=O)[C@@H]2C[C@@H](O)CN2C1=O. The molecule has 3 aromatic rings. The van der Waals surface area contributed by atoms with E-state index >= 15 is 9.59 Å². The number of phenolic OH excluding ortho intramolecular Hbond substituents is 1. The normalized spacial score (nSPS) is 26.7. The molecule has 0 radical (unpaired) electrons. The van der Waals surface area contributed by atoms with Crippen LogP contribution in [-0.4, -0.2) is 253 Å². The average Bonchev–Trinajstić information content (AvgIpc) is 1.65. The first-order valence-electron chi connectivity index (χ1n) is 29.5. The van der Waals surface area contributed by atoms with Gasteiger partial charge in [-0.1, -0.05) is 61.5 Å². The predicted octanol–water partition coefficient (Wildman–Crippen LogP) is -3.24. The molecule has 9 amide bonds. The summed E-state index contributed by atoms with van der Waals surface area (Å²) >= 11 is 0. The highest BCUT2D eigenvalue weighted by molar-refractivity contribution is 7.81. The molecule has 0 aromatic heterocycles. The van der Waals surface area contributed by atoms with Crippen LogP contribution in [-0.2, 0) is 59.9 Å². The van der Waals surface area contributed by atoms with E-state index in [1.54, 1.807) is 0 Å². The summed E-state index contributed by atoms with van der Waals surface area (Å²) < 4.78 is 50.1. The molecule has 4 saturated heterocycles. The zero-order chi connectivity index (χ0) is 66.6. The van der Waals surface area contributed by atoms with Crippen molar-refractivity contribution in [3.63, 3.8) is 0 Å². The van der Waals surface area contributed by atoms with Gasteiger partial charge in [0.1, 0.15) is 48.5 Å². The fourth-order valence-corrected chi connectivity index (χ4v) is 12.2. The maximum atomic E-state index is 15.2. The lowest BCUT2D eigenvalue weighted by Gasteiger charge is -2.36. The van der Waals surface area contributed by atoms with Crippen molar-refractivity contribution in [3.05, 3.63) is 83.4 Å². The molecule has 91 heavy (non-hydrogen) atoms. The van der Waals surface area contributed by atoms with Gasteiger partial charge in [-0.05, 0) is 67.6 Å². The van der Waals surface area contributed by atoms with Gasteiger partial charge in [0.05, 0.1) is 43.0 Å². The van der Waals surface area contributed by atoms with E-state index in [9.17, 15) is 82.3 Å². The molecule has 1 aliphatic carbocycles. The van der Waals surface area contributed by atoms with Crippen molar-refractivity contribution in [1.29, 1.82) is 0 Å². The standard InChI is InChI=1S/C59H77N9O22S/c1-29-26-68-49(50(29)76)54(80)60-25-32(70)22-39(61-57(83)89-59(3,4)5)51(77)62-46(30(2)69)55(81)67-27-33(71)23-40(67)52(78)63-47(42(73)20-31-14-15-41(72)44(21-31)90-91(85,86)87)53(79)64-48(56(68)82)43(74)24-45(75)65-16-18-66(19-17-65)58(84)88-28-38-36-12-8-6-10-34(36)35-11-7-9-13-37(35)38/h6-15,21,29-30,32-33,38-40,42-43,46-50,69-74,76H,16-20,22-28H2,1-5H3,(H,60,80)(H,61,83)(H,62,77)(H,63,78)(H,64,79)(H,85,86,87)/p-1/t29-,30+,32+,33+,39?,40-,42+,43+,46?,47-,48-,49-,50-/m0/s1. The van der Waals surface area contributed by atoms with E-state index in [1.807, 2.05) is 48.5 Å².